The second-order valence-corrected chi connectivity index (χ2v) is 7.96. The molecular formula is C23H45NO11. The number of hydrogen-bond acceptors (Lipinski definition) is 11. The zero-order chi connectivity index (χ0) is 25.9. The Balaban J connectivity index is 3.10. The molecule has 0 aliphatic carbocycles. The molecule has 0 bridgehead atoms. The first kappa shape index (κ1) is 33.6. The Labute approximate surface area is 209 Å². The van der Waals surface area contributed by atoms with Gasteiger partial charge in [-0.25, -0.2) is 4.79 Å². The first-order chi connectivity index (χ1) is 17.0. The van der Waals surface area contributed by atoms with Crippen molar-refractivity contribution in [1.29, 1.82) is 0 Å². The Hall–Kier alpha value is -1.38. The van der Waals surface area contributed by atoms with Crippen LogP contribution in [0.1, 0.15) is 20.8 Å². The average Bonchev–Trinajstić information content (AvgIpc) is 2.80. The van der Waals surface area contributed by atoms with Gasteiger partial charge in [0, 0.05) is 6.54 Å². The van der Waals surface area contributed by atoms with Crippen molar-refractivity contribution in [2.24, 2.45) is 0 Å². The SMILES string of the molecule is CC(C)(C)OC(=O)NCCOCCOCCOCCOCCOCCOCCOCCOCC=O. The normalized spacial score (nSPS) is 11.5. The molecule has 0 aromatic heterocycles. The lowest BCUT2D eigenvalue weighted by molar-refractivity contribution is -0.112. The molecule has 0 aliphatic rings. The lowest BCUT2D eigenvalue weighted by atomic mass is 10.2. The fourth-order valence-electron chi connectivity index (χ4n) is 2.21. The number of aldehydes is 1. The van der Waals surface area contributed by atoms with E-state index in [1.807, 2.05) is 20.8 Å². The fourth-order valence-corrected chi connectivity index (χ4v) is 2.21. The quantitative estimate of drug-likeness (QED) is 0.131. The van der Waals surface area contributed by atoms with Crippen LogP contribution in [-0.2, 0) is 47.4 Å². The predicted octanol–water partition coefficient (Wildman–Crippen LogP) is 0.843. The summed E-state index contributed by atoms with van der Waals surface area (Å²) in [6, 6.07) is 0. The molecule has 1 N–H and O–H groups in total. The van der Waals surface area contributed by atoms with Crippen LogP contribution >= 0.6 is 0 Å². The molecule has 12 nitrogen and oxygen atoms in total. The van der Waals surface area contributed by atoms with E-state index in [-0.39, 0.29) is 6.61 Å². The van der Waals surface area contributed by atoms with Crippen LogP contribution in [0.2, 0.25) is 0 Å². The number of carbonyl (C=O) groups excluding carboxylic acids is 2. The summed E-state index contributed by atoms with van der Waals surface area (Å²) in [5, 5.41) is 2.62. The molecule has 0 saturated heterocycles. The third-order valence-corrected chi connectivity index (χ3v) is 3.70. The minimum absolute atomic E-state index is 0.0976. The highest BCUT2D eigenvalue weighted by molar-refractivity contribution is 5.67. The zero-order valence-corrected chi connectivity index (χ0v) is 21.6. The van der Waals surface area contributed by atoms with Crippen LogP contribution in [0.15, 0.2) is 0 Å². The Kier molecular flexibility index (Phi) is 24.7. The summed E-state index contributed by atoms with van der Waals surface area (Å²) in [7, 11) is 0. The van der Waals surface area contributed by atoms with Gasteiger partial charge in [0.25, 0.3) is 0 Å². The van der Waals surface area contributed by atoms with Gasteiger partial charge in [-0.15, -0.1) is 0 Å². The minimum Gasteiger partial charge on any atom is -0.444 e. The lowest BCUT2D eigenvalue weighted by Crippen LogP contribution is -2.34. The molecule has 0 fully saturated rings. The number of rotatable bonds is 26. The number of alkyl carbamates (subject to hydrolysis) is 1. The van der Waals surface area contributed by atoms with E-state index in [0.29, 0.717) is 112 Å². The highest BCUT2D eigenvalue weighted by atomic mass is 16.6. The van der Waals surface area contributed by atoms with Crippen molar-refractivity contribution in [1.82, 2.24) is 5.32 Å². The van der Waals surface area contributed by atoms with Crippen LogP contribution in [0.25, 0.3) is 0 Å². The summed E-state index contributed by atoms with van der Waals surface area (Å²) in [6.45, 7) is 12.9. The third kappa shape index (κ3) is 30.6. The second kappa shape index (κ2) is 25.7. The summed E-state index contributed by atoms with van der Waals surface area (Å²) in [6.07, 6.45) is 0.254. The van der Waals surface area contributed by atoms with Crippen molar-refractivity contribution in [2.75, 3.05) is 112 Å². The van der Waals surface area contributed by atoms with Crippen LogP contribution in [0.4, 0.5) is 4.79 Å². The molecule has 0 spiro atoms. The first-order valence-corrected chi connectivity index (χ1v) is 12.0. The highest BCUT2D eigenvalue weighted by Gasteiger charge is 2.15. The van der Waals surface area contributed by atoms with Crippen molar-refractivity contribution in [3.8, 4) is 0 Å². The van der Waals surface area contributed by atoms with E-state index in [1.165, 1.54) is 0 Å². The van der Waals surface area contributed by atoms with Crippen molar-refractivity contribution >= 4 is 12.4 Å². The fraction of sp³-hybridized carbons (Fsp3) is 0.913. The minimum atomic E-state index is -0.508. The number of hydrogen-bond donors (Lipinski definition) is 1. The zero-order valence-electron chi connectivity index (χ0n) is 21.6. The maximum Gasteiger partial charge on any atom is 0.407 e. The standard InChI is InChI=1S/C23H45NO11/c1-23(2,3)35-22(26)24-4-6-27-8-10-29-12-14-31-16-18-33-20-21-34-19-17-32-15-13-30-11-9-28-7-5-25/h5H,4,6-21H2,1-3H3,(H,24,26). The Morgan fingerprint density at radius 1 is 0.571 bits per heavy atom. The lowest BCUT2D eigenvalue weighted by Gasteiger charge is -2.19. The van der Waals surface area contributed by atoms with E-state index in [0.717, 1.165) is 0 Å². The number of ether oxygens (including phenoxy) is 9. The third-order valence-electron chi connectivity index (χ3n) is 3.70. The van der Waals surface area contributed by atoms with Crippen LogP contribution in [-0.4, -0.2) is 130 Å². The van der Waals surface area contributed by atoms with Crippen molar-refractivity contribution in [3.63, 3.8) is 0 Å². The second-order valence-electron chi connectivity index (χ2n) is 7.96. The molecular weight excluding hydrogens is 466 g/mol. The average molecular weight is 512 g/mol. The van der Waals surface area contributed by atoms with Gasteiger partial charge in [-0.1, -0.05) is 0 Å². The van der Waals surface area contributed by atoms with Crippen molar-refractivity contribution in [3.05, 3.63) is 0 Å². The predicted molar refractivity (Wildman–Crippen MR) is 127 cm³/mol. The van der Waals surface area contributed by atoms with E-state index < -0.39 is 11.7 Å². The van der Waals surface area contributed by atoms with Gasteiger partial charge in [0.1, 0.15) is 18.5 Å². The summed E-state index contributed by atoms with van der Waals surface area (Å²) >= 11 is 0. The van der Waals surface area contributed by atoms with Gasteiger partial charge in [0.2, 0.25) is 0 Å². The Morgan fingerprint density at radius 2 is 0.886 bits per heavy atom. The molecule has 0 saturated carbocycles. The topological polar surface area (TPSA) is 129 Å². The molecule has 0 atom stereocenters. The molecule has 1 amide bonds. The first-order valence-electron chi connectivity index (χ1n) is 12.0. The molecule has 208 valence electrons. The van der Waals surface area contributed by atoms with E-state index in [2.05, 4.69) is 5.32 Å². The number of carbonyl (C=O) groups is 2. The maximum absolute atomic E-state index is 11.4. The molecule has 0 aliphatic heterocycles. The van der Waals surface area contributed by atoms with Crippen LogP contribution in [0.5, 0.6) is 0 Å². The largest absolute Gasteiger partial charge is 0.444 e. The van der Waals surface area contributed by atoms with Gasteiger partial charge in [0.05, 0.1) is 99.1 Å². The van der Waals surface area contributed by atoms with Gasteiger partial charge < -0.3 is 52.7 Å². The van der Waals surface area contributed by atoms with Crippen LogP contribution < -0.4 is 5.32 Å². The summed E-state index contributed by atoms with van der Waals surface area (Å²) in [5.41, 5.74) is -0.508. The molecule has 0 unspecified atom stereocenters. The van der Waals surface area contributed by atoms with Gasteiger partial charge in [-0.3, -0.25) is 0 Å². The Morgan fingerprint density at radius 3 is 1.20 bits per heavy atom. The summed E-state index contributed by atoms with van der Waals surface area (Å²) in [5.74, 6) is 0. The highest BCUT2D eigenvalue weighted by Crippen LogP contribution is 2.06. The van der Waals surface area contributed by atoms with Crippen LogP contribution in [0, 0.1) is 0 Å². The molecule has 0 heterocycles. The molecule has 0 aromatic rings. The van der Waals surface area contributed by atoms with E-state index in [4.69, 9.17) is 42.6 Å². The van der Waals surface area contributed by atoms with Gasteiger partial charge in [0.15, 0.2) is 0 Å². The van der Waals surface area contributed by atoms with E-state index in [1.54, 1.807) is 0 Å². The molecule has 0 rings (SSSR count). The van der Waals surface area contributed by atoms with Gasteiger partial charge >= 0.3 is 6.09 Å². The van der Waals surface area contributed by atoms with Crippen molar-refractivity contribution < 1.29 is 52.2 Å². The van der Waals surface area contributed by atoms with Gasteiger partial charge in [-0.2, -0.15) is 0 Å². The van der Waals surface area contributed by atoms with E-state index in [9.17, 15) is 9.59 Å². The monoisotopic (exact) mass is 511 g/mol. The molecule has 0 radical (unpaired) electrons. The molecule has 0 aromatic carbocycles. The molecule has 35 heavy (non-hydrogen) atoms. The number of nitrogens with one attached hydrogen (secondary N) is 1. The smallest absolute Gasteiger partial charge is 0.407 e. The van der Waals surface area contributed by atoms with Crippen LogP contribution in [0.3, 0.4) is 0 Å². The van der Waals surface area contributed by atoms with Crippen molar-refractivity contribution in [2.45, 2.75) is 26.4 Å². The number of amides is 1. The molecule has 12 heteroatoms. The maximum atomic E-state index is 11.4. The summed E-state index contributed by atoms with van der Waals surface area (Å²) in [4.78, 5) is 21.5. The van der Waals surface area contributed by atoms with Gasteiger partial charge in [-0.05, 0) is 20.8 Å². The van der Waals surface area contributed by atoms with E-state index >= 15 is 0 Å². The summed E-state index contributed by atoms with van der Waals surface area (Å²) < 4.78 is 47.7. The Bertz CT molecular complexity index is 475.